The standard InChI is InChI=1S/C17H27N3O3/c1-12(20(5)11-15(21)19-17(2,3)4)16(22)18-13-9-7-8-10-14(13)23-6/h7-10,12H,11H2,1-6H3,(H,18,22)(H,19,21)/t12-/m0/s1. The molecule has 0 saturated heterocycles. The highest BCUT2D eigenvalue weighted by Gasteiger charge is 2.22. The van der Waals surface area contributed by atoms with Crippen molar-refractivity contribution in [3.05, 3.63) is 24.3 Å². The first-order chi connectivity index (χ1) is 10.6. The van der Waals surface area contributed by atoms with Crippen LogP contribution in [-0.2, 0) is 9.59 Å². The monoisotopic (exact) mass is 321 g/mol. The van der Waals surface area contributed by atoms with Crippen LogP contribution in [0.25, 0.3) is 0 Å². The van der Waals surface area contributed by atoms with Gasteiger partial charge in [-0.1, -0.05) is 12.1 Å². The summed E-state index contributed by atoms with van der Waals surface area (Å²) in [5.74, 6) is 0.290. The highest BCUT2D eigenvalue weighted by Crippen LogP contribution is 2.23. The number of anilines is 1. The van der Waals surface area contributed by atoms with Gasteiger partial charge >= 0.3 is 0 Å². The molecule has 0 spiro atoms. The molecule has 1 atom stereocenters. The molecule has 6 nitrogen and oxygen atoms in total. The number of para-hydroxylation sites is 2. The zero-order valence-electron chi connectivity index (χ0n) is 14.8. The summed E-state index contributed by atoms with van der Waals surface area (Å²) in [6, 6.07) is 6.76. The summed E-state index contributed by atoms with van der Waals surface area (Å²) in [4.78, 5) is 26.0. The lowest BCUT2D eigenvalue weighted by Crippen LogP contribution is -2.49. The minimum absolute atomic E-state index is 0.114. The van der Waals surface area contributed by atoms with Crippen LogP contribution in [-0.4, -0.2) is 49.0 Å². The largest absolute Gasteiger partial charge is 0.495 e. The molecule has 2 amide bonds. The van der Waals surface area contributed by atoms with Gasteiger partial charge in [0.15, 0.2) is 0 Å². The number of carbonyl (C=O) groups excluding carboxylic acids is 2. The summed E-state index contributed by atoms with van der Waals surface area (Å²) in [5, 5.41) is 5.71. The van der Waals surface area contributed by atoms with Crippen molar-refractivity contribution in [2.45, 2.75) is 39.3 Å². The average Bonchev–Trinajstić information content (AvgIpc) is 2.44. The summed E-state index contributed by atoms with van der Waals surface area (Å²) < 4.78 is 5.21. The van der Waals surface area contributed by atoms with Crippen LogP contribution in [0.4, 0.5) is 5.69 Å². The Morgan fingerprint density at radius 3 is 2.43 bits per heavy atom. The molecule has 0 aromatic heterocycles. The maximum Gasteiger partial charge on any atom is 0.241 e. The Morgan fingerprint density at radius 2 is 1.87 bits per heavy atom. The minimum atomic E-state index is -0.453. The van der Waals surface area contributed by atoms with E-state index in [1.807, 2.05) is 32.9 Å². The molecule has 0 aliphatic rings. The maximum atomic E-state index is 12.3. The Kier molecular flexibility index (Phi) is 6.57. The predicted octanol–water partition coefficient (Wildman–Crippen LogP) is 1.87. The highest BCUT2D eigenvalue weighted by molar-refractivity contribution is 5.96. The predicted molar refractivity (Wildman–Crippen MR) is 91.6 cm³/mol. The molecule has 0 radical (unpaired) electrons. The van der Waals surface area contributed by atoms with E-state index in [9.17, 15) is 9.59 Å². The fraction of sp³-hybridized carbons (Fsp3) is 0.529. The number of likely N-dealkylation sites (N-methyl/N-ethyl adjacent to an activating group) is 1. The first kappa shape index (κ1) is 19.0. The van der Waals surface area contributed by atoms with Crippen LogP contribution in [0.15, 0.2) is 24.3 Å². The Hall–Kier alpha value is -2.08. The van der Waals surface area contributed by atoms with Crippen molar-refractivity contribution in [1.29, 1.82) is 0 Å². The van der Waals surface area contributed by atoms with E-state index < -0.39 is 6.04 Å². The number of hydrogen-bond donors (Lipinski definition) is 2. The lowest BCUT2D eigenvalue weighted by molar-refractivity contribution is -0.125. The van der Waals surface area contributed by atoms with Crippen molar-refractivity contribution in [1.82, 2.24) is 10.2 Å². The number of ether oxygens (including phenoxy) is 1. The van der Waals surface area contributed by atoms with Crippen LogP contribution in [0.3, 0.4) is 0 Å². The molecule has 0 aliphatic heterocycles. The zero-order chi connectivity index (χ0) is 17.6. The number of benzene rings is 1. The summed E-state index contributed by atoms with van der Waals surface area (Å²) in [5.41, 5.74) is 0.320. The van der Waals surface area contributed by atoms with Gasteiger partial charge in [0.25, 0.3) is 0 Å². The summed E-state index contributed by atoms with van der Waals surface area (Å²) in [6.45, 7) is 7.67. The van der Waals surface area contributed by atoms with E-state index in [1.165, 1.54) is 0 Å². The van der Waals surface area contributed by atoms with Crippen LogP contribution >= 0.6 is 0 Å². The van der Waals surface area contributed by atoms with Crippen LogP contribution in [0.5, 0.6) is 5.75 Å². The molecule has 0 aliphatic carbocycles. The second kappa shape index (κ2) is 7.97. The SMILES string of the molecule is COc1ccccc1NC(=O)[C@H](C)N(C)CC(=O)NC(C)(C)C. The number of hydrogen-bond acceptors (Lipinski definition) is 4. The molecule has 6 heteroatoms. The molecule has 0 heterocycles. The van der Waals surface area contributed by atoms with Gasteiger partial charge in [0, 0.05) is 5.54 Å². The molecular formula is C17H27N3O3. The van der Waals surface area contributed by atoms with Gasteiger partial charge in [-0.15, -0.1) is 0 Å². The van der Waals surface area contributed by atoms with Gasteiger partial charge in [-0.25, -0.2) is 0 Å². The van der Waals surface area contributed by atoms with Crippen molar-refractivity contribution < 1.29 is 14.3 Å². The van der Waals surface area contributed by atoms with E-state index in [2.05, 4.69) is 10.6 Å². The van der Waals surface area contributed by atoms with E-state index in [0.717, 1.165) is 0 Å². The third-order valence-electron chi connectivity index (χ3n) is 3.31. The Labute approximate surface area is 138 Å². The summed E-state index contributed by atoms with van der Waals surface area (Å²) in [7, 11) is 3.30. The number of methoxy groups -OCH3 is 1. The smallest absolute Gasteiger partial charge is 0.241 e. The van der Waals surface area contributed by atoms with E-state index >= 15 is 0 Å². The molecule has 1 rings (SSSR count). The van der Waals surface area contributed by atoms with Gasteiger partial charge in [0.1, 0.15) is 5.75 Å². The van der Waals surface area contributed by atoms with Gasteiger partial charge in [-0.2, -0.15) is 0 Å². The highest BCUT2D eigenvalue weighted by atomic mass is 16.5. The van der Waals surface area contributed by atoms with Crippen molar-refractivity contribution in [2.75, 3.05) is 26.0 Å². The van der Waals surface area contributed by atoms with E-state index in [4.69, 9.17) is 4.74 Å². The van der Waals surface area contributed by atoms with E-state index in [1.54, 1.807) is 38.1 Å². The van der Waals surface area contributed by atoms with Crippen LogP contribution in [0, 0.1) is 0 Å². The van der Waals surface area contributed by atoms with Crippen molar-refractivity contribution in [2.24, 2.45) is 0 Å². The molecule has 128 valence electrons. The number of carbonyl (C=O) groups is 2. The molecule has 0 saturated carbocycles. The Morgan fingerprint density at radius 1 is 1.26 bits per heavy atom. The van der Waals surface area contributed by atoms with Crippen LogP contribution in [0.2, 0.25) is 0 Å². The first-order valence-corrected chi connectivity index (χ1v) is 7.59. The van der Waals surface area contributed by atoms with Crippen molar-refractivity contribution in [3.63, 3.8) is 0 Å². The normalized spacial score (nSPS) is 12.7. The average molecular weight is 321 g/mol. The fourth-order valence-corrected chi connectivity index (χ4v) is 2.01. The molecule has 0 unspecified atom stereocenters. The third kappa shape index (κ3) is 6.28. The molecule has 2 N–H and O–H groups in total. The summed E-state index contributed by atoms with van der Waals surface area (Å²) in [6.07, 6.45) is 0. The number of nitrogens with one attached hydrogen (secondary N) is 2. The maximum absolute atomic E-state index is 12.3. The molecule has 0 bridgehead atoms. The van der Waals surface area contributed by atoms with Gasteiger partial charge in [0.2, 0.25) is 11.8 Å². The first-order valence-electron chi connectivity index (χ1n) is 7.59. The number of amides is 2. The lowest BCUT2D eigenvalue weighted by atomic mass is 10.1. The quantitative estimate of drug-likeness (QED) is 0.839. The Bertz CT molecular complexity index is 552. The lowest BCUT2D eigenvalue weighted by Gasteiger charge is -2.26. The van der Waals surface area contributed by atoms with Gasteiger partial charge in [-0.05, 0) is 46.9 Å². The van der Waals surface area contributed by atoms with E-state index in [0.29, 0.717) is 11.4 Å². The molecule has 23 heavy (non-hydrogen) atoms. The molecule has 1 aromatic carbocycles. The van der Waals surface area contributed by atoms with Crippen LogP contribution in [0.1, 0.15) is 27.7 Å². The molecule has 0 fully saturated rings. The van der Waals surface area contributed by atoms with Gasteiger partial charge < -0.3 is 15.4 Å². The second-order valence-electron chi connectivity index (χ2n) is 6.58. The third-order valence-corrected chi connectivity index (χ3v) is 3.31. The van der Waals surface area contributed by atoms with Crippen molar-refractivity contribution in [3.8, 4) is 5.75 Å². The topological polar surface area (TPSA) is 70.7 Å². The van der Waals surface area contributed by atoms with Crippen molar-refractivity contribution >= 4 is 17.5 Å². The second-order valence-corrected chi connectivity index (χ2v) is 6.58. The molecule has 1 aromatic rings. The minimum Gasteiger partial charge on any atom is -0.495 e. The van der Waals surface area contributed by atoms with E-state index in [-0.39, 0.29) is 23.9 Å². The van der Waals surface area contributed by atoms with Gasteiger partial charge in [-0.3, -0.25) is 14.5 Å². The zero-order valence-corrected chi connectivity index (χ0v) is 14.8. The fourth-order valence-electron chi connectivity index (χ4n) is 2.01. The molecular weight excluding hydrogens is 294 g/mol. The van der Waals surface area contributed by atoms with Gasteiger partial charge in [0.05, 0.1) is 25.4 Å². The number of rotatable bonds is 6. The Balaban J connectivity index is 2.63. The summed E-state index contributed by atoms with van der Waals surface area (Å²) >= 11 is 0. The van der Waals surface area contributed by atoms with Crippen LogP contribution < -0.4 is 15.4 Å². The number of nitrogens with zero attached hydrogens (tertiary/aromatic N) is 1.